The molecule has 0 saturated carbocycles. The van der Waals surface area contributed by atoms with Gasteiger partial charge in [-0.25, -0.2) is 9.97 Å². The number of nitrogens with zero attached hydrogens (tertiary/aromatic N) is 4. The summed E-state index contributed by atoms with van der Waals surface area (Å²) in [5, 5.41) is 7.45. The zero-order valence-corrected chi connectivity index (χ0v) is 22.4. The third-order valence-electron chi connectivity index (χ3n) is 7.80. The number of pyridine rings is 1. The van der Waals surface area contributed by atoms with Crippen molar-refractivity contribution in [3.63, 3.8) is 0 Å². The zero-order valence-electron chi connectivity index (χ0n) is 22.4. The summed E-state index contributed by atoms with van der Waals surface area (Å²) in [4.78, 5) is 14.9. The Balaban J connectivity index is 1.62. The topological polar surface area (TPSA) is 56.7 Å². The van der Waals surface area contributed by atoms with E-state index in [1.807, 2.05) is 80.0 Å². The molecule has 0 radical (unpaired) electrons. The predicted molar refractivity (Wildman–Crippen MR) is 169 cm³/mol. The van der Waals surface area contributed by atoms with Gasteiger partial charge < -0.3 is 4.42 Å². The van der Waals surface area contributed by atoms with Gasteiger partial charge in [0.05, 0.1) is 16.7 Å². The third kappa shape index (κ3) is 3.33. The second kappa shape index (κ2) is 9.00. The first-order chi connectivity index (χ1) is 20.3. The fourth-order valence-corrected chi connectivity index (χ4v) is 6.05. The number of hydrogen-bond acceptors (Lipinski definition) is 4. The number of fused-ring (bicyclic) bond motifs is 11. The van der Waals surface area contributed by atoms with E-state index in [2.05, 4.69) is 58.6 Å². The van der Waals surface area contributed by atoms with E-state index in [1.54, 1.807) is 0 Å². The molecule has 5 nitrogen and oxygen atoms in total. The van der Waals surface area contributed by atoms with E-state index in [0.717, 1.165) is 76.7 Å². The molecule has 0 fully saturated rings. The molecule has 0 saturated heterocycles. The van der Waals surface area contributed by atoms with Gasteiger partial charge in [-0.2, -0.15) is 0 Å². The quantitative estimate of drug-likeness (QED) is 0.214. The number of hydrogen-bond donors (Lipinski definition) is 0. The molecule has 4 aromatic carbocycles. The lowest BCUT2D eigenvalue weighted by Gasteiger charge is -2.12. The van der Waals surface area contributed by atoms with Gasteiger partial charge in [0.1, 0.15) is 11.1 Å². The Hall–Kier alpha value is -5.55. The van der Waals surface area contributed by atoms with E-state index >= 15 is 0 Å². The number of rotatable bonds is 4. The summed E-state index contributed by atoms with van der Waals surface area (Å²) < 4.78 is 8.82. The van der Waals surface area contributed by atoms with E-state index in [4.69, 9.17) is 14.4 Å². The monoisotopic (exact) mass is 528 g/mol. The van der Waals surface area contributed by atoms with Crippen LogP contribution in [0, 0.1) is 0 Å². The molecule has 0 amide bonds. The lowest BCUT2D eigenvalue weighted by Crippen LogP contribution is -2.05. The van der Waals surface area contributed by atoms with Gasteiger partial charge >= 0.3 is 0 Å². The van der Waals surface area contributed by atoms with Gasteiger partial charge in [0.2, 0.25) is 5.95 Å². The number of aromatic nitrogens is 4. The van der Waals surface area contributed by atoms with Crippen LogP contribution in [0.25, 0.3) is 76.9 Å². The smallest absolute Gasteiger partial charge is 0.235 e. The highest BCUT2D eigenvalue weighted by Gasteiger charge is 2.24. The molecule has 0 atom stereocenters. The van der Waals surface area contributed by atoms with Gasteiger partial charge in [0.25, 0.3) is 0 Å². The van der Waals surface area contributed by atoms with Crippen LogP contribution in [-0.4, -0.2) is 19.5 Å². The second-order valence-corrected chi connectivity index (χ2v) is 10.0. The van der Waals surface area contributed by atoms with Crippen LogP contribution in [0.3, 0.4) is 0 Å². The first kappa shape index (κ1) is 23.3. The van der Waals surface area contributed by atoms with Gasteiger partial charge in [-0.1, -0.05) is 85.5 Å². The average molecular weight is 529 g/mol. The second-order valence-electron chi connectivity index (χ2n) is 10.0. The van der Waals surface area contributed by atoms with Gasteiger partial charge in [0.15, 0.2) is 5.58 Å². The number of benzene rings is 4. The largest absolute Gasteiger partial charge is 0.454 e. The van der Waals surface area contributed by atoms with Crippen molar-refractivity contribution < 1.29 is 4.42 Å². The Bertz CT molecular complexity index is 2400. The molecule has 0 unspecified atom stereocenters. The fourth-order valence-electron chi connectivity index (χ4n) is 6.05. The molecule has 8 rings (SSSR count). The van der Waals surface area contributed by atoms with Gasteiger partial charge in [-0.15, -0.1) is 0 Å². The van der Waals surface area contributed by atoms with Crippen LogP contribution in [0.2, 0.25) is 0 Å². The molecule has 194 valence electrons. The maximum Gasteiger partial charge on any atom is 0.235 e. The standard InChI is InChI=1S/C36H24N4O/c1-3-5-12-22(4-2)33-24-13-6-9-16-28(24)38-36(39-33)40-29-17-10-7-14-25(29)31-23-19-20-37-21-27(23)32-26-15-8-11-18-30(26)41-35(32)34(31)40/h3-21H,2H2,1H3/b5-3-,22-12+. The molecule has 0 N–H and O–H groups in total. The van der Waals surface area contributed by atoms with Crippen molar-refractivity contribution in [1.82, 2.24) is 19.5 Å². The zero-order chi connectivity index (χ0) is 27.5. The van der Waals surface area contributed by atoms with Crippen LogP contribution in [-0.2, 0) is 0 Å². The molecule has 0 aliphatic carbocycles. The molecule has 8 aromatic rings. The van der Waals surface area contributed by atoms with E-state index in [0.29, 0.717) is 5.95 Å². The SMILES string of the molecule is C=C/C(=C\C=C/C)c1nc(-n2c3ccccc3c3c4ccncc4c4c5ccccc5oc4c32)nc2ccccc12. The highest BCUT2D eigenvalue weighted by molar-refractivity contribution is 6.34. The van der Waals surface area contributed by atoms with E-state index in [-0.39, 0.29) is 0 Å². The number of para-hydroxylation sites is 3. The van der Waals surface area contributed by atoms with Crippen molar-refractivity contribution in [2.45, 2.75) is 6.92 Å². The molecule has 4 aromatic heterocycles. The minimum atomic E-state index is 0.577. The van der Waals surface area contributed by atoms with Crippen LogP contribution in [0.15, 0.2) is 127 Å². The summed E-state index contributed by atoms with van der Waals surface area (Å²) in [6.45, 7) is 6.10. The molecule has 0 aliphatic rings. The van der Waals surface area contributed by atoms with Crippen molar-refractivity contribution in [1.29, 1.82) is 0 Å². The van der Waals surface area contributed by atoms with Crippen LogP contribution in [0.5, 0.6) is 0 Å². The summed E-state index contributed by atoms with van der Waals surface area (Å²) in [6.07, 6.45) is 11.7. The number of furan rings is 1. The van der Waals surface area contributed by atoms with E-state index < -0.39 is 0 Å². The van der Waals surface area contributed by atoms with Crippen molar-refractivity contribution in [2.24, 2.45) is 0 Å². The number of allylic oxidation sites excluding steroid dienone is 5. The Labute approximate surface area is 235 Å². The Morgan fingerprint density at radius 3 is 2.44 bits per heavy atom. The Morgan fingerprint density at radius 1 is 0.805 bits per heavy atom. The first-order valence-electron chi connectivity index (χ1n) is 13.6. The van der Waals surface area contributed by atoms with Gasteiger partial charge in [-0.3, -0.25) is 9.55 Å². The van der Waals surface area contributed by atoms with Crippen LogP contribution < -0.4 is 0 Å². The lowest BCUT2D eigenvalue weighted by molar-refractivity contribution is 0.671. The summed E-state index contributed by atoms with van der Waals surface area (Å²) in [5.74, 6) is 0.577. The molecule has 41 heavy (non-hydrogen) atoms. The molecule has 0 bridgehead atoms. The van der Waals surface area contributed by atoms with Gasteiger partial charge in [0, 0.05) is 50.3 Å². The molecular weight excluding hydrogens is 504 g/mol. The lowest BCUT2D eigenvalue weighted by atomic mass is 10.0. The summed E-state index contributed by atoms with van der Waals surface area (Å²) in [6, 6.07) is 26.8. The molecule has 4 heterocycles. The van der Waals surface area contributed by atoms with Crippen LogP contribution >= 0.6 is 0 Å². The van der Waals surface area contributed by atoms with E-state index in [9.17, 15) is 0 Å². The van der Waals surface area contributed by atoms with Crippen molar-refractivity contribution >= 4 is 71.0 Å². The molecule has 5 heteroatoms. The summed E-state index contributed by atoms with van der Waals surface area (Å²) >= 11 is 0. The molecule has 0 spiro atoms. The Morgan fingerprint density at radius 2 is 1.59 bits per heavy atom. The third-order valence-corrected chi connectivity index (χ3v) is 7.80. The average Bonchev–Trinajstić information content (AvgIpc) is 3.58. The van der Waals surface area contributed by atoms with Crippen molar-refractivity contribution in [2.75, 3.05) is 0 Å². The van der Waals surface area contributed by atoms with E-state index in [1.165, 1.54) is 0 Å². The highest BCUT2D eigenvalue weighted by atomic mass is 16.3. The van der Waals surface area contributed by atoms with Crippen LogP contribution in [0.1, 0.15) is 12.6 Å². The van der Waals surface area contributed by atoms with Crippen molar-refractivity contribution in [3.05, 3.63) is 128 Å². The maximum absolute atomic E-state index is 6.66. The van der Waals surface area contributed by atoms with Gasteiger partial charge in [-0.05, 0) is 36.6 Å². The molecular formula is C36H24N4O. The first-order valence-corrected chi connectivity index (χ1v) is 13.6. The maximum atomic E-state index is 6.66. The summed E-state index contributed by atoms with van der Waals surface area (Å²) in [7, 11) is 0. The minimum Gasteiger partial charge on any atom is -0.454 e. The predicted octanol–water partition coefficient (Wildman–Crippen LogP) is 9.32. The highest BCUT2D eigenvalue weighted by Crippen LogP contribution is 2.45. The Kier molecular flexibility index (Phi) is 5.12. The van der Waals surface area contributed by atoms with Crippen molar-refractivity contribution in [3.8, 4) is 5.95 Å². The fraction of sp³-hybridized carbons (Fsp3) is 0.0278. The normalized spacial score (nSPS) is 12.7. The molecule has 0 aliphatic heterocycles. The van der Waals surface area contributed by atoms with Crippen LogP contribution in [0.4, 0.5) is 0 Å². The minimum absolute atomic E-state index is 0.577. The summed E-state index contributed by atoms with van der Waals surface area (Å²) in [5.41, 5.74) is 6.19.